The summed E-state index contributed by atoms with van der Waals surface area (Å²) in [7, 11) is -4.01. The summed E-state index contributed by atoms with van der Waals surface area (Å²) < 4.78 is 34.0. The maximum atomic E-state index is 13.5. The molecule has 0 aliphatic rings. The van der Waals surface area contributed by atoms with Gasteiger partial charge in [-0.25, -0.2) is 18.2 Å². The van der Waals surface area contributed by atoms with Crippen LogP contribution in [0.5, 0.6) is 0 Å². The van der Waals surface area contributed by atoms with E-state index in [0.717, 1.165) is 5.56 Å². The molecule has 170 valence electrons. The first-order chi connectivity index (χ1) is 15.7. The van der Waals surface area contributed by atoms with Crippen molar-refractivity contribution in [3.05, 3.63) is 77.9 Å². The van der Waals surface area contributed by atoms with Crippen molar-refractivity contribution in [1.29, 1.82) is 0 Å². The zero-order chi connectivity index (χ0) is 23.8. The molecule has 0 saturated heterocycles. The van der Waals surface area contributed by atoms with Gasteiger partial charge in [0.25, 0.3) is 10.0 Å². The highest BCUT2D eigenvalue weighted by atomic mass is 32.2. The molecule has 0 unspecified atom stereocenters. The highest BCUT2D eigenvalue weighted by Crippen LogP contribution is 2.31. The molecule has 0 atom stereocenters. The Morgan fingerprint density at radius 3 is 2.42 bits per heavy atom. The number of nitrogens with zero attached hydrogens (tertiary/aromatic N) is 2. The van der Waals surface area contributed by atoms with E-state index in [-0.39, 0.29) is 22.9 Å². The van der Waals surface area contributed by atoms with Gasteiger partial charge in [-0.3, -0.25) is 4.31 Å². The number of sulfonamides is 1. The van der Waals surface area contributed by atoms with E-state index in [0.29, 0.717) is 28.2 Å². The minimum atomic E-state index is -4.01. The van der Waals surface area contributed by atoms with E-state index >= 15 is 0 Å². The van der Waals surface area contributed by atoms with Gasteiger partial charge in [0.1, 0.15) is 5.52 Å². The van der Waals surface area contributed by atoms with Crippen LogP contribution in [0.4, 0.5) is 5.69 Å². The van der Waals surface area contributed by atoms with Crippen LogP contribution in [0.2, 0.25) is 0 Å². The number of hydrogen-bond acceptors (Lipinski definition) is 5. The Balaban J connectivity index is 1.76. The first-order valence-corrected chi connectivity index (χ1v) is 12.0. The molecule has 0 amide bonds. The topological polar surface area (TPSA) is 101 Å². The van der Waals surface area contributed by atoms with E-state index < -0.39 is 16.0 Å². The molecule has 0 aliphatic carbocycles. The zero-order valence-electron chi connectivity index (χ0n) is 18.5. The molecular weight excluding hydrogens is 440 g/mol. The van der Waals surface area contributed by atoms with Crippen molar-refractivity contribution in [1.82, 2.24) is 4.98 Å². The maximum absolute atomic E-state index is 13.5. The van der Waals surface area contributed by atoms with Crippen molar-refractivity contribution in [2.24, 2.45) is 0 Å². The van der Waals surface area contributed by atoms with E-state index in [1.54, 1.807) is 31.2 Å². The third kappa shape index (κ3) is 4.21. The second-order valence-electron chi connectivity index (χ2n) is 7.92. The Hall–Kier alpha value is -3.65. The zero-order valence-corrected chi connectivity index (χ0v) is 19.3. The fraction of sp³-hybridized carbons (Fsp3) is 0.200. The van der Waals surface area contributed by atoms with Gasteiger partial charge in [-0.2, -0.15) is 0 Å². The molecule has 7 nitrogen and oxygen atoms in total. The third-order valence-electron chi connectivity index (χ3n) is 5.43. The number of rotatable bonds is 7. The molecule has 0 bridgehead atoms. The van der Waals surface area contributed by atoms with Crippen molar-refractivity contribution in [2.45, 2.75) is 31.6 Å². The summed E-state index contributed by atoms with van der Waals surface area (Å²) in [4.78, 5) is 16.2. The first-order valence-electron chi connectivity index (χ1n) is 10.6. The smallest absolute Gasteiger partial charge is 0.336 e. The predicted octanol–water partition coefficient (Wildman–Crippen LogP) is 5.53. The number of hydrogen-bond donors (Lipinski definition) is 1. The summed E-state index contributed by atoms with van der Waals surface area (Å²) in [6, 6.07) is 18.7. The van der Waals surface area contributed by atoms with Gasteiger partial charge in [0.15, 0.2) is 5.58 Å². The Bertz CT molecular complexity index is 1430. The standard InChI is InChI=1S/C25H24N2O5S/c1-4-27(33(30,31)19-11-12-20(16(2)3)21(15-19)25(28)29)18-10-13-23-22(14-18)26-24(32-23)17-8-6-5-7-9-17/h5-16H,4H2,1-3H3,(H,28,29). The first kappa shape index (κ1) is 22.5. The number of carbonyl (C=O) groups is 1. The van der Waals surface area contributed by atoms with Crippen molar-refractivity contribution >= 4 is 32.8 Å². The molecule has 4 rings (SSSR count). The van der Waals surface area contributed by atoms with Crippen LogP contribution in [-0.2, 0) is 10.0 Å². The van der Waals surface area contributed by atoms with Gasteiger partial charge in [-0.15, -0.1) is 0 Å². The number of aromatic carboxylic acids is 1. The van der Waals surface area contributed by atoms with E-state index in [4.69, 9.17) is 4.42 Å². The number of fused-ring (bicyclic) bond motifs is 1. The number of carboxylic acid groups (broad SMARTS) is 1. The largest absolute Gasteiger partial charge is 0.478 e. The molecule has 0 radical (unpaired) electrons. The maximum Gasteiger partial charge on any atom is 0.336 e. The second kappa shape index (κ2) is 8.71. The van der Waals surface area contributed by atoms with Crippen molar-refractivity contribution < 1.29 is 22.7 Å². The van der Waals surface area contributed by atoms with Gasteiger partial charge in [0.2, 0.25) is 5.89 Å². The molecule has 1 N–H and O–H groups in total. The molecule has 0 saturated carbocycles. The average molecular weight is 465 g/mol. The number of oxazole rings is 1. The summed E-state index contributed by atoms with van der Waals surface area (Å²) in [6.45, 7) is 5.61. The molecular formula is C25H24N2O5S. The van der Waals surface area contributed by atoms with Gasteiger partial charge in [0.05, 0.1) is 16.1 Å². The number of benzene rings is 3. The summed E-state index contributed by atoms with van der Waals surface area (Å²) >= 11 is 0. The van der Waals surface area contributed by atoms with Gasteiger partial charge in [-0.1, -0.05) is 38.1 Å². The third-order valence-corrected chi connectivity index (χ3v) is 7.33. The average Bonchev–Trinajstić information content (AvgIpc) is 3.23. The normalized spacial score (nSPS) is 11.8. The van der Waals surface area contributed by atoms with Crippen LogP contribution in [0, 0.1) is 0 Å². The predicted molar refractivity (Wildman–Crippen MR) is 127 cm³/mol. The lowest BCUT2D eigenvalue weighted by Gasteiger charge is -2.23. The van der Waals surface area contributed by atoms with Crippen molar-refractivity contribution in [3.8, 4) is 11.5 Å². The lowest BCUT2D eigenvalue weighted by Crippen LogP contribution is -2.31. The van der Waals surface area contributed by atoms with Crippen LogP contribution in [-0.4, -0.2) is 31.0 Å². The van der Waals surface area contributed by atoms with Gasteiger partial charge in [0, 0.05) is 12.1 Å². The number of anilines is 1. The van der Waals surface area contributed by atoms with E-state index in [9.17, 15) is 18.3 Å². The molecule has 0 fully saturated rings. The van der Waals surface area contributed by atoms with Crippen LogP contribution in [0.1, 0.15) is 42.6 Å². The monoisotopic (exact) mass is 464 g/mol. The van der Waals surface area contributed by atoms with Crippen molar-refractivity contribution in [2.75, 3.05) is 10.8 Å². The van der Waals surface area contributed by atoms with Gasteiger partial charge in [-0.05, 0) is 60.9 Å². The van der Waals surface area contributed by atoms with E-state index in [2.05, 4.69) is 4.98 Å². The van der Waals surface area contributed by atoms with Crippen LogP contribution < -0.4 is 4.31 Å². The fourth-order valence-electron chi connectivity index (χ4n) is 3.78. The molecule has 33 heavy (non-hydrogen) atoms. The van der Waals surface area contributed by atoms with Gasteiger partial charge >= 0.3 is 5.97 Å². The summed E-state index contributed by atoms with van der Waals surface area (Å²) in [5.74, 6) is -0.760. The van der Waals surface area contributed by atoms with Crippen LogP contribution in [0.15, 0.2) is 76.0 Å². The summed E-state index contributed by atoms with van der Waals surface area (Å²) in [6.07, 6.45) is 0. The Morgan fingerprint density at radius 2 is 1.79 bits per heavy atom. The number of carboxylic acids is 1. The highest BCUT2D eigenvalue weighted by molar-refractivity contribution is 7.92. The summed E-state index contributed by atoms with van der Waals surface area (Å²) in [5, 5.41) is 9.61. The fourth-order valence-corrected chi connectivity index (χ4v) is 5.27. The minimum Gasteiger partial charge on any atom is -0.478 e. The second-order valence-corrected chi connectivity index (χ2v) is 9.78. The highest BCUT2D eigenvalue weighted by Gasteiger charge is 2.27. The lowest BCUT2D eigenvalue weighted by molar-refractivity contribution is 0.0695. The van der Waals surface area contributed by atoms with Crippen LogP contribution in [0.3, 0.4) is 0 Å². The van der Waals surface area contributed by atoms with Crippen LogP contribution >= 0.6 is 0 Å². The van der Waals surface area contributed by atoms with Gasteiger partial charge < -0.3 is 9.52 Å². The molecule has 0 aliphatic heterocycles. The van der Waals surface area contributed by atoms with Crippen molar-refractivity contribution in [3.63, 3.8) is 0 Å². The molecule has 8 heteroatoms. The SMILES string of the molecule is CCN(c1ccc2oc(-c3ccccc3)nc2c1)S(=O)(=O)c1ccc(C(C)C)c(C(=O)O)c1. The number of aromatic nitrogens is 1. The molecule has 3 aromatic carbocycles. The lowest BCUT2D eigenvalue weighted by atomic mass is 9.97. The molecule has 1 heterocycles. The summed E-state index contributed by atoms with van der Waals surface area (Å²) in [5.41, 5.74) is 2.88. The molecule has 1 aromatic heterocycles. The molecule has 0 spiro atoms. The van der Waals surface area contributed by atoms with Crippen LogP contribution in [0.25, 0.3) is 22.6 Å². The Labute approximate surface area is 192 Å². The van der Waals surface area contributed by atoms with E-state index in [1.165, 1.54) is 16.4 Å². The minimum absolute atomic E-state index is 0.0124. The molecule has 4 aromatic rings. The Kier molecular flexibility index (Phi) is 5.95. The quantitative estimate of drug-likeness (QED) is 0.386. The Morgan fingerprint density at radius 1 is 1.06 bits per heavy atom. The van der Waals surface area contributed by atoms with E-state index in [1.807, 2.05) is 44.2 Å².